The summed E-state index contributed by atoms with van der Waals surface area (Å²) in [6.07, 6.45) is 1.85. The van der Waals surface area contributed by atoms with Gasteiger partial charge in [-0.05, 0) is 30.4 Å². The first-order valence-electron chi connectivity index (χ1n) is 6.18. The molecule has 0 saturated heterocycles. The molecule has 4 heteroatoms. The van der Waals surface area contributed by atoms with Crippen molar-refractivity contribution in [3.8, 4) is 0 Å². The second-order valence-corrected chi connectivity index (χ2v) is 4.73. The standard InChI is InChI=1S/C14H17NO3/c15-12(7-8-13(16)17)14(18)11-6-5-9-3-1-2-4-10(9)11/h1-4,11-12H,5-8,15H2,(H,16,17)/t11?,12-/m1/s1. The van der Waals surface area contributed by atoms with E-state index in [1.807, 2.05) is 24.3 Å². The molecule has 18 heavy (non-hydrogen) atoms. The van der Waals surface area contributed by atoms with Crippen molar-refractivity contribution < 1.29 is 14.7 Å². The summed E-state index contributed by atoms with van der Waals surface area (Å²) in [5, 5.41) is 8.60. The molecule has 0 saturated carbocycles. The lowest BCUT2D eigenvalue weighted by atomic mass is 9.91. The van der Waals surface area contributed by atoms with Crippen molar-refractivity contribution in [1.82, 2.24) is 0 Å². The van der Waals surface area contributed by atoms with Gasteiger partial charge in [0.05, 0.1) is 6.04 Å². The number of nitrogens with two attached hydrogens (primary N) is 1. The smallest absolute Gasteiger partial charge is 0.303 e. The molecule has 0 bridgehead atoms. The van der Waals surface area contributed by atoms with Crippen LogP contribution in [0.1, 0.15) is 36.3 Å². The second kappa shape index (κ2) is 5.31. The van der Waals surface area contributed by atoms with Crippen molar-refractivity contribution in [3.05, 3.63) is 35.4 Å². The largest absolute Gasteiger partial charge is 0.481 e. The summed E-state index contributed by atoms with van der Waals surface area (Å²) in [6.45, 7) is 0. The van der Waals surface area contributed by atoms with Gasteiger partial charge < -0.3 is 10.8 Å². The first kappa shape index (κ1) is 12.8. The number of aliphatic carboxylic acids is 1. The zero-order valence-corrected chi connectivity index (χ0v) is 10.1. The summed E-state index contributed by atoms with van der Waals surface area (Å²) >= 11 is 0. The Kier molecular flexibility index (Phi) is 3.77. The van der Waals surface area contributed by atoms with Crippen LogP contribution in [-0.2, 0) is 16.0 Å². The average molecular weight is 247 g/mol. The van der Waals surface area contributed by atoms with Gasteiger partial charge in [-0.25, -0.2) is 0 Å². The van der Waals surface area contributed by atoms with Crippen molar-refractivity contribution in [1.29, 1.82) is 0 Å². The molecule has 2 rings (SSSR count). The number of hydrogen-bond acceptors (Lipinski definition) is 3. The highest BCUT2D eigenvalue weighted by Gasteiger charge is 2.31. The minimum Gasteiger partial charge on any atom is -0.481 e. The third-order valence-electron chi connectivity index (χ3n) is 3.51. The van der Waals surface area contributed by atoms with E-state index in [1.54, 1.807) is 0 Å². The summed E-state index contributed by atoms with van der Waals surface area (Å²) in [5.41, 5.74) is 8.06. The van der Waals surface area contributed by atoms with E-state index < -0.39 is 12.0 Å². The normalized spacial score (nSPS) is 19.3. The highest BCUT2D eigenvalue weighted by atomic mass is 16.4. The molecule has 4 nitrogen and oxygen atoms in total. The number of aryl methyl sites for hydroxylation is 1. The van der Waals surface area contributed by atoms with Crippen LogP contribution < -0.4 is 5.73 Å². The Bertz CT molecular complexity index is 470. The van der Waals surface area contributed by atoms with Gasteiger partial charge in [-0.1, -0.05) is 24.3 Å². The van der Waals surface area contributed by atoms with E-state index >= 15 is 0 Å². The average Bonchev–Trinajstić information content (AvgIpc) is 2.78. The van der Waals surface area contributed by atoms with Crippen LogP contribution in [-0.4, -0.2) is 22.9 Å². The fourth-order valence-corrected chi connectivity index (χ4v) is 2.53. The molecule has 0 amide bonds. The van der Waals surface area contributed by atoms with Crippen molar-refractivity contribution in [2.45, 2.75) is 37.6 Å². The highest BCUT2D eigenvalue weighted by Crippen LogP contribution is 2.34. The number of hydrogen-bond donors (Lipinski definition) is 2. The predicted molar refractivity (Wildman–Crippen MR) is 67.4 cm³/mol. The van der Waals surface area contributed by atoms with Gasteiger partial charge in [-0.3, -0.25) is 9.59 Å². The van der Waals surface area contributed by atoms with Crippen LogP contribution >= 0.6 is 0 Å². The van der Waals surface area contributed by atoms with Crippen molar-refractivity contribution in [3.63, 3.8) is 0 Å². The Morgan fingerprint density at radius 2 is 2.11 bits per heavy atom. The SMILES string of the molecule is N[C@H](CCC(=O)O)C(=O)C1CCc2ccccc21. The molecule has 0 aromatic heterocycles. The third-order valence-corrected chi connectivity index (χ3v) is 3.51. The third kappa shape index (κ3) is 2.59. The first-order valence-corrected chi connectivity index (χ1v) is 6.18. The molecule has 0 aliphatic heterocycles. The van der Waals surface area contributed by atoms with Crippen LogP contribution in [0.15, 0.2) is 24.3 Å². The topological polar surface area (TPSA) is 80.4 Å². The fourth-order valence-electron chi connectivity index (χ4n) is 2.53. The summed E-state index contributed by atoms with van der Waals surface area (Å²) in [7, 11) is 0. The van der Waals surface area contributed by atoms with Gasteiger partial charge in [0.15, 0.2) is 5.78 Å². The maximum atomic E-state index is 12.2. The molecule has 1 aromatic rings. The van der Waals surface area contributed by atoms with E-state index in [4.69, 9.17) is 10.8 Å². The van der Waals surface area contributed by atoms with Gasteiger partial charge >= 0.3 is 5.97 Å². The number of Topliss-reactive ketones (excluding diaryl/α,β-unsaturated/α-hetero) is 1. The molecule has 1 aliphatic rings. The zero-order valence-electron chi connectivity index (χ0n) is 10.1. The predicted octanol–water partition coefficient (Wildman–Crippen LogP) is 1.48. The lowest BCUT2D eigenvalue weighted by Crippen LogP contribution is -2.34. The number of benzene rings is 1. The molecule has 0 fully saturated rings. The number of fused-ring (bicyclic) bond motifs is 1. The number of carboxylic acid groups (broad SMARTS) is 1. The number of ketones is 1. The van der Waals surface area contributed by atoms with Gasteiger partial charge in [-0.2, -0.15) is 0 Å². The summed E-state index contributed by atoms with van der Waals surface area (Å²) in [5.74, 6) is -1.09. The highest BCUT2D eigenvalue weighted by molar-refractivity contribution is 5.91. The van der Waals surface area contributed by atoms with Crippen molar-refractivity contribution in [2.75, 3.05) is 0 Å². The van der Waals surface area contributed by atoms with E-state index in [-0.39, 0.29) is 24.5 Å². The van der Waals surface area contributed by atoms with Gasteiger partial charge in [0.2, 0.25) is 0 Å². The Hall–Kier alpha value is -1.68. The van der Waals surface area contributed by atoms with Gasteiger partial charge in [0.25, 0.3) is 0 Å². The van der Waals surface area contributed by atoms with Crippen LogP contribution in [0, 0.1) is 0 Å². The molecular weight excluding hydrogens is 230 g/mol. The fraction of sp³-hybridized carbons (Fsp3) is 0.429. The lowest BCUT2D eigenvalue weighted by Gasteiger charge is -2.15. The van der Waals surface area contributed by atoms with Crippen molar-refractivity contribution in [2.24, 2.45) is 5.73 Å². The molecule has 1 aliphatic carbocycles. The Labute approximate surface area is 106 Å². The monoisotopic (exact) mass is 247 g/mol. The van der Waals surface area contributed by atoms with Gasteiger partial charge in [0, 0.05) is 12.3 Å². The summed E-state index contributed by atoms with van der Waals surface area (Å²) in [6, 6.07) is 7.22. The number of carbonyl (C=O) groups is 2. The first-order chi connectivity index (χ1) is 8.59. The maximum Gasteiger partial charge on any atom is 0.303 e. The van der Waals surface area contributed by atoms with Crippen LogP contribution in [0.3, 0.4) is 0 Å². The molecule has 0 radical (unpaired) electrons. The molecule has 3 N–H and O–H groups in total. The Morgan fingerprint density at radius 3 is 2.83 bits per heavy atom. The maximum absolute atomic E-state index is 12.2. The molecule has 1 unspecified atom stereocenters. The minimum atomic E-state index is -0.912. The van der Waals surface area contributed by atoms with Crippen molar-refractivity contribution >= 4 is 11.8 Å². The van der Waals surface area contributed by atoms with Crippen LogP contribution in [0.5, 0.6) is 0 Å². The lowest BCUT2D eigenvalue weighted by molar-refractivity contribution is -0.137. The van der Waals surface area contributed by atoms with Crippen LogP contribution in [0.25, 0.3) is 0 Å². The summed E-state index contributed by atoms with van der Waals surface area (Å²) in [4.78, 5) is 22.7. The van der Waals surface area contributed by atoms with E-state index in [1.165, 1.54) is 5.56 Å². The Morgan fingerprint density at radius 1 is 1.39 bits per heavy atom. The summed E-state index contributed by atoms with van der Waals surface area (Å²) < 4.78 is 0. The second-order valence-electron chi connectivity index (χ2n) is 4.73. The minimum absolute atomic E-state index is 0.0267. The molecule has 1 aromatic carbocycles. The zero-order chi connectivity index (χ0) is 13.1. The van der Waals surface area contributed by atoms with Gasteiger partial charge in [0.1, 0.15) is 0 Å². The number of carbonyl (C=O) groups excluding carboxylic acids is 1. The number of rotatable bonds is 5. The van der Waals surface area contributed by atoms with Gasteiger partial charge in [-0.15, -0.1) is 0 Å². The van der Waals surface area contributed by atoms with Crippen LogP contribution in [0.4, 0.5) is 0 Å². The molecule has 0 heterocycles. The molecule has 96 valence electrons. The van der Waals surface area contributed by atoms with Crippen LogP contribution in [0.2, 0.25) is 0 Å². The quantitative estimate of drug-likeness (QED) is 0.825. The van der Waals surface area contributed by atoms with E-state index in [9.17, 15) is 9.59 Å². The van der Waals surface area contributed by atoms with E-state index in [0.29, 0.717) is 0 Å². The molecule has 0 spiro atoms. The molecule has 2 atom stereocenters. The Balaban J connectivity index is 2.05. The van der Waals surface area contributed by atoms with E-state index in [2.05, 4.69) is 0 Å². The van der Waals surface area contributed by atoms with E-state index in [0.717, 1.165) is 18.4 Å². The molecular formula is C14H17NO3. The number of carboxylic acids is 1.